The quantitative estimate of drug-likeness (QED) is 0.819. The van der Waals surface area contributed by atoms with Crippen molar-refractivity contribution >= 4 is 17.7 Å². The van der Waals surface area contributed by atoms with Gasteiger partial charge < -0.3 is 15.3 Å². The Labute approximate surface area is 159 Å². The van der Waals surface area contributed by atoms with E-state index in [9.17, 15) is 14.7 Å². The number of carboxylic acids is 1. The Morgan fingerprint density at radius 2 is 1.89 bits per heavy atom. The minimum atomic E-state index is -0.930. The molecule has 0 bridgehead atoms. The van der Waals surface area contributed by atoms with Crippen molar-refractivity contribution in [2.24, 2.45) is 5.92 Å². The summed E-state index contributed by atoms with van der Waals surface area (Å²) in [4.78, 5) is 32.7. The molecule has 1 aromatic heterocycles. The van der Waals surface area contributed by atoms with Crippen LogP contribution in [0.1, 0.15) is 48.9 Å². The van der Waals surface area contributed by atoms with Crippen LogP contribution in [0.2, 0.25) is 0 Å². The predicted octanol–water partition coefficient (Wildman–Crippen LogP) is 1.74. The molecule has 1 saturated carbocycles. The number of rotatable bonds is 5. The largest absolute Gasteiger partial charge is 0.478 e. The maximum absolute atomic E-state index is 12.4. The van der Waals surface area contributed by atoms with Crippen LogP contribution in [0, 0.1) is 5.92 Å². The van der Waals surface area contributed by atoms with Crippen LogP contribution in [0.25, 0.3) is 0 Å². The summed E-state index contributed by atoms with van der Waals surface area (Å²) in [6.07, 6.45) is 7.94. The first-order valence-corrected chi connectivity index (χ1v) is 10.1. The molecule has 1 atom stereocenters. The van der Waals surface area contributed by atoms with Gasteiger partial charge in [-0.1, -0.05) is 0 Å². The van der Waals surface area contributed by atoms with E-state index in [4.69, 9.17) is 0 Å². The van der Waals surface area contributed by atoms with Crippen LogP contribution < -0.4 is 10.2 Å². The second-order valence-electron chi connectivity index (χ2n) is 8.01. The van der Waals surface area contributed by atoms with Gasteiger partial charge in [0.2, 0.25) is 5.91 Å². The maximum atomic E-state index is 12.4. The van der Waals surface area contributed by atoms with Crippen molar-refractivity contribution in [1.82, 2.24) is 15.2 Å². The number of hydrogen-bond acceptors (Lipinski definition) is 5. The summed E-state index contributed by atoms with van der Waals surface area (Å²) >= 11 is 0. The fourth-order valence-corrected chi connectivity index (χ4v) is 4.36. The lowest BCUT2D eigenvalue weighted by molar-refractivity contribution is -0.127. The van der Waals surface area contributed by atoms with Gasteiger partial charge >= 0.3 is 5.97 Å². The molecule has 7 heteroatoms. The van der Waals surface area contributed by atoms with Crippen LogP contribution in [0.4, 0.5) is 5.82 Å². The molecule has 3 aliphatic rings. The summed E-state index contributed by atoms with van der Waals surface area (Å²) in [6, 6.07) is 4.18. The number of hydrogen-bond donors (Lipinski definition) is 2. The van der Waals surface area contributed by atoms with Gasteiger partial charge in [0.15, 0.2) is 0 Å². The van der Waals surface area contributed by atoms with Crippen molar-refractivity contribution < 1.29 is 14.7 Å². The third-order valence-corrected chi connectivity index (χ3v) is 6.04. The van der Waals surface area contributed by atoms with Crippen molar-refractivity contribution in [2.45, 2.75) is 50.6 Å². The maximum Gasteiger partial charge on any atom is 0.339 e. The Bertz CT molecular complexity index is 698. The van der Waals surface area contributed by atoms with E-state index in [1.807, 2.05) is 0 Å². The molecule has 3 heterocycles. The number of carboxylic acid groups (broad SMARTS) is 1. The summed E-state index contributed by atoms with van der Waals surface area (Å²) in [5, 5.41) is 12.5. The van der Waals surface area contributed by atoms with Crippen molar-refractivity contribution in [3.05, 3.63) is 23.9 Å². The average molecular weight is 372 g/mol. The molecule has 2 N–H and O–H groups in total. The van der Waals surface area contributed by atoms with Gasteiger partial charge in [-0.15, -0.1) is 0 Å². The summed E-state index contributed by atoms with van der Waals surface area (Å²) < 4.78 is 0. The van der Waals surface area contributed by atoms with Gasteiger partial charge in [-0.05, 0) is 57.2 Å². The number of nitrogens with zero attached hydrogens (tertiary/aromatic N) is 3. The predicted molar refractivity (Wildman–Crippen MR) is 102 cm³/mol. The smallest absolute Gasteiger partial charge is 0.339 e. The molecule has 7 nitrogen and oxygen atoms in total. The lowest BCUT2D eigenvalue weighted by Crippen LogP contribution is -2.51. The first-order chi connectivity index (χ1) is 13.1. The number of amides is 1. The molecular formula is C20H28N4O3. The van der Waals surface area contributed by atoms with E-state index < -0.39 is 5.97 Å². The fourth-order valence-electron chi connectivity index (χ4n) is 4.36. The van der Waals surface area contributed by atoms with Crippen LogP contribution in [0.5, 0.6) is 0 Å². The number of carbonyl (C=O) groups excluding carboxylic acids is 1. The first-order valence-electron chi connectivity index (χ1n) is 10.1. The Balaban J connectivity index is 1.33. The third kappa shape index (κ3) is 4.24. The summed E-state index contributed by atoms with van der Waals surface area (Å²) in [6.45, 7) is 3.52. The van der Waals surface area contributed by atoms with E-state index in [1.54, 1.807) is 18.3 Å². The zero-order chi connectivity index (χ0) is 18.8. The zero-order valence-electron chi connectivity index (χ0n) is 15.6. The molecule has 0 spiro atoms. The van der Waals surface area contributed by atoms with Gasteiger partial charge in [0, 0.05) is 37.9 Å². The van der Waals surface area contributed by atoms with Gasteiger partial charge in [-0.25, -0.2) is 9.78 Å². The van der Waals surface area contributed by atoms with Crippen molar-refractivity contribution in [2.75, 3.05) is 31.1 Å². The minimum Gasteiger partial charge on any atom is -0.478 e. The second-order valence-corrected chi connectivity index (χ2v) is 8.01. The number of pyridine rings is 1. The topological polar surface area (TPSA) is 85.8 Å². The highest BCUT2D eigenvalue weighted by Crippen LogP contribution is 2.28. The van der Waals surface area contributed by atoms with Crippen molar-refractivity contribution in [1.29, 1.82) is 0 Å². The second kappa shape index (κ2) is 7.84. The lowest BCUT2D eigenvalue weighted by atomic mass is 9.93. The van der Waals surface area contributed by atoms with E-state index >= 15 is 0 Å². The number of carbonyl (C=O) groups is 2. The molecule has 1 amide bonds. The molecule has 4 rings (SSSR count). The average Bonchev–Trinajstić information content (AvgIpc) is 3.52. The molecular weight excluding hydrogens is 344 g/mol. The van der Waals surface area contributed by atoms with Gasteiger partial charge in [-0.2, -0.15) is 0 Å². The molecule has 1 aromatic rings. The number of aromatic nitrogens is 1. The molecule has 0 radical (unpaired) electrons. The SMILES string of the molecule is O=C(O)c1cccnc1N1CCC(N2CCC[C@H](C(=O)NC3CC3)C2)CC1. The van der Waals surface area contributed by atoms with Crippen LogP contribution in [-0.4, -0.2) is 65.1 Å². The van der Waals surface area contributed by atoms with Crippen LogP contribution in [0.15, 0.2) is 18.3 Å². The van der Waals surface area contributed by atoms with E-state index in [2.05, 4.69) is 20.1 Å². The fraction of sp³-hybridized carbons (Fsp3) is 0.650. The lowest BCUT2D eigenvalue weighted by Gasteiger charge is -2.42. The normalized spacial score (nSPS) is 24.6. The van der Waals surface area contributed by atoms with E-state index in [1.165, 1.54) is 0 Å². The van der Waals surface area contributed by atoms with Crippen molar-refractivity contribution in [3.63, 3.8) is 0 Å². The Kier molecular flexibility index (Phi) is 5.29. The first kappa shape index (κ1) is 18.2. The minimum absolute atomic E-state index is 0.117. The summed E-state index contributed by atoms with van der Waals surface area (Å²) in [5.41, 5.74) is 0.269. The summed E-state index contributed by atoms with van der Waals surface area (Å²) in [7, 11) is 0. The Morgan fingerprint density at radius 1 is 1.11 bits per heavy atom. The van der Waals surface area contributed by atoms with E-state index in [0.29, 0.717) is 17.9 Å². The van der Waals surface area contributed by atoms with Gasteiger partial charge in [0.05, 0.1) is 5.92 Å². The molecule has 2 saturated heterocycles. The van der Waals surface area contributed by atoms with Gasteiger partial charge in [0.1, 0.15) is 11.4 Å². The number of aromatic carboxylic acids is 1. The molecule has 2 aliphatic heterocycles. The molecule has 0 unspecified atom stereocenters. The number of piperidine rings is 2. The molecule has 27 heavy (non-hydrogen) atoms. The van der Waals surface area contributed by atoms with E-state index in [-0.39, 0.29) is 17.4 Å². The Morgan fingerprint density at radius 3 is 2.59 bits per heavy atom. The third-order valence-electron chi connectivity index (χ3n) is 6.04. The molecule has 146 valence electrons. The number of anilines is 1. The van der Waals surface area contributed by atoms with Crippen LogP contribution in [0.3, 0.4) is 0 Å². The Hall–Kier alpha value is -2.15. The highest BCUT2D eigenvalue weighted by molar-refractivity contribution is 5.93. The molecule has 0 aromatic carbocycles. The standard InChI is InChI=1S/C20H28N4O3/c25-19(22-15-5-6-15)14-3-2-10-24(13-14)16-7-11-23(12-8-16)18-17(20(26)27)4-1-9-21-18/h1,4,9,14-16H,2-3,5-8,10-13H2,(H,22,25)(H,26,27)/t14-/m0/s1. The monoisotopic (exact) mass is 372 g/mol. The van der Waals surface area contributed by atoms with Gasteiger partial charge in [0.25, 0.3) is 0 Å². The molecule has 1 aliphatic carbocycles. The number of likely N-dealkylation sites (tertiary alicyclic amines) is 1. The zero-order valence-corrected chi connectivity index (χ0v) is 15.6. The molecule has 3 fully saturated rings. The van der Waals surface area contributed by atoms with Crippen molar-refractivity contribution in [3.8, 4) is 0 Å². The summed E-state index contributed by atoms with van der Waals surface area (Å²) in [5.74, 6) is -0.00411. The van der Waals surface area contributed by atoms with Gasteiger partial charge in [-0.3, -0.25) is 9.69 Å². The van der Waals surface area contributed by atoms with E-state index in [0.717, 1.165) is 64.7 Å². The number of nitrogens with one attached hydrogen (secondary N) is 1. The highest BCUT2D eigenvalue weighted by Gasteiger charge is 2.34. The van der Waals surface area contributed by atoms with Crippen LogP contribution in [-0.2, 0) is 4.79 Å². The highest BCUT2D eigenvalue weighted by atomic mass is 16.4. The van der Waals surface area contributed by atoms with Crippen LogP contribution >= 0.6 is 0 Å².